The zero-order valence-electron chi connectivity index (χ0n) is 10.5. The van der Waals surface area contributed by atoms with Gasteiger partial charge in [-0.3, -0.25) is 4.79 Å². The zero-order chi connectivity index (χ0) is 12.8. The molecule has 94 valence electrons. The van der Waals surface area contributed by atoms with E-state index in [1.165, 1.54) is 0 Å². The highest BCUT2D eigenvalue weighted by atomic mass is 16.5. The molecule has 0 saturated carbocycles. The molecule has 1 amide bonds. The average molecular weight is 237 g/mol. The molecule has 0 heterocycles. The molecule has 0 aromatic heterocycles. The summed E-state index contributed by atoms with van der Waals surface area (Å²) in [6.45, 7) is 1.95. The third-order valence-corrected chi connectivity index (χ3v) is 2.86. The molecule has 0 aliphatic carbocycles. The standard InChI is InChI=1S/C13H19NO3/c1-4-9(13(14)15)7-10-5-6-11(16-2)8-12(10)17-3/h5-6,8-9H,4,7H2,1-3H3,(H2,14,15). The van der Waals surface area contributed by atoms with Gasteiger partial charge in [0, 0.05) is 12.0 Å². The Bertz CT molecular complexity index is 390. The molecule has 0 aliphatic heterocycles. The fraction of sp³-hybridized carbons (Fsp3) is 0.462. The van der Waals surface area contributed by atoms with Crippen molar-refractivity contribution in [1.29, 1.82) is 0 Å². The predicted octanol–water partition coefficient (Wildman–Crippen LogP) is 1.76. The van der Waals surface area contributed by atoms with E-state index in [1.54, 1.807) is 14.2 Å². The highest BCUT2D eigenvalue weighted by molar-refractivity contribution is 5.77. The van der Waals surface area contributed by atoms with Crippen LogP contribution in [0.25, 0.3) is 0 Å². The number of rotatable bonds is 6. The topological polar surface area (TPSA) is 61.6 Å². The number of carbonyl (C=O) groups is 1. The summed E-state index contributed by atoms with van der Waals surface area (Å²) in [6.07, 6.45) is 1.32. The van der Waals surface area contributed by atoms with Crippen LogP contribution in [0.5, 0.6) is 11.5 Å². The molecule has 1 aromatic carbocycles. The number of primary amides is 1. The Balaban J connectivity index is 2.93. The Labute approximate surface area is 102 Å². The lowest BCUT2D eigenvalue weighted by atomic mass is 9.95. The van der Waals surface area contributed by atoms with Crippen LogP contribution in [0, 0.1) is 5.92 Å². The van der Waals surface area contributed by atoms with Gasteiger partial charge in [0.25, 0.3) is 0 Å². The summed E-state index contributed by atoms with van der Waals surface area (Å²) in [6, 6.07) is 5.57. The molecule has 0 fully saturated rings. The van der Waals surface area contributed by atoms with Crippen molar-refractivity contribution in [2.75, 3.05) is 14.2 Å². The van der Waals surface area contributed by atoms with E-state index >= 15 is 0 Å². The van der Waals surface area contributed by atoms with E-state index in [4.69, 9.17) is 15.2 Å². The van der Waals surface area contributed by atoms with Crippen LogP contribution in [-0.2, 0) is 11.2 Å². The Morgan fingerprint density at radius 1 is 1.35 bits per heavy atom. The van der Waals surface area contributed by atoms with E-state index in [-0.39, 0.29) is 11.8 Å². The van der Waals surface area contributed by atoms with Crippen LogP contribution < -0.4 is 15.2 Å². The largest absolute Gasteiger partial charge is 0.497 e. The minimum Gasteiger partial charge on any atom is -0.497 e. The van der Waals surface area contributed by atoms with Crippen molar-refractivity contribution in [3.05, 3.63) is 23.8 Å². The highest BCUT2D eigenvalue weighted by Crippen LogP contribution is 2.27. The van der Waals surface area contributed by atoms with Crippen LogP contribution >= 0.6 is 0 Å². The third-order valence-electron chi connectivity index (χ3n) is 2.86. The van der Waals surface area contributed by atoms with Gasteiger partial charge in [0.2, 0.25) is 5.91 Å². The van der Waals surface area contributed by atoms with E-state index < -0.39 is 0 Å². The van der Waals surface area contributed by atoms with Crippen molar-refractivity contribution in [1.82, 2.24) is 0 Å². The SMILES string of the molecule is CCC(Cc1ccc(OC)cc1OC)C(N)=O. The lowest BCUT2D eigenvalue weighted by Gasteiger charge is -2.14. The van der Waals surface area contributed by atoms with Crippen LogP contribution in [0.4, 0.5) is 0 Å². The molecule has 1 rings (SSSR count). The van der Waals surface area contributed by atoms with E-state index in [2.05, 4.69) is 0 Å². The van der Waals surface area contributed by atoms with Gasteiger partial charge in [-0.2, -0.15) is 0 Å². The molecule has 0 bridgehead atoms. The third kappa shape index (κ3) is 3.37. The van der Waals surface area contributed by atoms with Gasteiger partial charge in [0.15, 0.2) is 0 Å². The molecule has 1 unspecified atom stereocenters. The highest BCUT2D eigenvalue weighted by Gasteiger charge is 2.16. The summed E-state index contributed by atoms with van der Waals surface area (Å²) in [7, 11) is 3.20. The van der Waals surface area contributed by atoms with Gasteiger partial charge >= 0.3 is 0 Å². The average Bonchev–Trinajstić information content (AvgIpc) is 2.35. The number of methoxy groups -OCH3 is 2. The van der Waals surface area contributed by atoms with E-state index in [0.29, 0.717) is 6.42 Å². The van der Waals surface area contributed by atoms with Gasteiger partial charge in [0.1, 0.15) is 11.5 Å². The van der Waals surface area contributed by atoms with Crippen LogP contribution in [0.1, 0.15) is 18.9 Å². The Kier molecular flexibility index (Phi) is 4.82. The van der Waals surface area contributed by atoms with Crippen LogP contribution in [0.3, 0.4) is 0 Å². The summed E-state index contributed by atoms with van der Waals surface area (Å²) in [5, 5.41) is 0. The van der Waals surface area contributed by atoms with Gasteiger partial charge in [0.05, 0.1) is 14.2 Å². The first-order chi connectivity index (χ1) is 8.12. The quantitative estimate of drug-likeness (QED) is 0.820. The Hall–Kier alpha value is -1.71. The fourth-order valence-corrected chi connectivity index (χ4v) is 1.73. The first-order valence-corrected chi connectivity index (χ1v) is 5.62. The molecule has 4 nitrogen and oxygen atoms in total. The van der Waals surface area contributed by atoms with Crippen molar-refractivity contribution in [2.45, 2.75) is 19.8 Å². The maximum Gasteiger partial charge on any atom is 0.220 e. The number of nitrogens with two attached hydrogens (primary N) is 1. The molecule has 0 saturated heterocycles. The van der Waals surface area contributed by atoms with Crippen LogP contribution in [0.2, 0.25) is 0 Å². The van der Waals surface area contributed by atoms with E-state index in [0.717, 1.165) is 23.5 Å². The molecule has 17 heavy (non-hydrogen) atoms. The summed E-state index contributed by atoms with van der Waals surface area (Å²) < 4.78 is 10.4. The van der Waals surface area contributed by atoms with Gasteiger partial charge in [-0.15, -0.1) is 0 Å². The van der Waals surface area contributed by atoms with Crippen molar-refractivity contribution < 1.29 is 14.3 Å². The number of carbonyl (C=O) groups excluding carboxylic acids is 1. The molecule has 4 heteroatoms. The summed E-state index contributed by atoms with van der Waals surface area (Å²) >= 11 is 0. The normalized spacial score (nSPS) is 11.9. The minimum atomic E-state index is -0.273. The predicted molar refractivity (Wildman–Crippen MR) is 66.2 cm³/mol. The smallest absolute Gasteiger partial charge is 0.220 e. The van der Waals surface area contributed by atoms with Gasteiger partial charge < -0.3 is 15.2 Å². The number of amides is 1. The van der Waals surface area contributed by atoms with Crippen LogP contribution in [0.15, 0.2) is 18.2 Å². The summed E-state index contributed by atoms with van der Waals surface area (Å²) in [5.41, 5.74) is 6.31. The van der Waals surface area contributed by atoms with Crippen molar-refractivity contribution in [3.63, 3.8) is 0 Å². The van der Waals surface area contributed by atoms with Gasteiger partial charge in [-0.05, 0) is 24.5 Å². The summed E-state index contributed by atoms with van der Waals surface area (Å²) in [5.74, 6) is 1.03. The monoisotopic (exact) mass is 237 g/mol. The van der Waals surface area contributed by atoms with E-state index in [9.17, 15) is 4.79 Å². The summed E-state index contributed by atoms with van der Waals surface area (Å²) in [4.78, 5) is 11.2. The molecular formula is C13H19NO3. The van der Waals surface area contributed by atoms with Crippen LogP contribution in [-0.4, -0.2) is 20.1 Å². The molecule has 0 spiro atoms. The van der Waals surface area contributed by atoms with Gasteiger partial charge in [-0.25, -0.2) is 0 Å². The van der Waals surface area contributed by atoms with Crippen molar-refractivity contribution in [3.8, 4) is 11.5 Å². The number of ether oxygens (including phenoxy) is 2. The second-order valence-electron chi connectivity index (χ2n) is 3.89. The van der Waals surface area contributed by atoms with Crippen molar-refractivity contribution in [2.24, 2.45) is 11.7 Å². The molecule has 1 atom stereocenters. The second kappa shape index (κ2) is 6.13. The first-order valence-electron chi connectivity index (χ1n) is 5.62. The number of hydrogen-bond donors (Lipinski definition) is 1. The minimum absolute atomic E-state index is 0.155. The first kappa shape index (κ1) is 13.4. The second-order valence-corrected chi connectivity index (χ2v) is 3.89. The lowest BCUT2D eigenvalue weighted by Crippen LogP contribution is -2.24. The molecular weight excluding hydrogens is 218 g/mol. The number of hydrogen-bond acceptors (Lipinski definition) is 3. The van der Waals surface area contributed by atoms with E-state index in [1.807, 2.05) is 25.1 Å². The molecule has 1 aromatic rings. The van der Waals surface area contributed by atoms with Crippen molar-refractivity contribution >= 4 is 5.91 Å². The molecule has 0 radical (unpaired) electrons. The maximum absolute atomic E-state index is 11.2. The lowest BCUT2D eigenvalue weighted by molar-refractivity contribution is -0.121. The van der Waals surface area contributed by atoms with Gasteiger partial charge in [-0.1, -0.05) is 13.0 Å². The Morgan fingerprint density at radius 3 is 2.53 bits per heavy atom. The number of benzene rings is 1. The molecule has 0 aliphatic rings. The Morgan fingerprint density at radius 2 is 2.06 bits per heavy atom. The maximum atomic E-state index is 11.2. The molecule has 2 N–H and O–H groups in total. The zero-order valence-corrected chi connectivity index (χ0v) is 10.5. The fourth-order valence-electron chi connectivity index (χ4n) is 1.73.